The number of rotatable bonds is 1. The number of nitrogens with two attached hydrogens (primary N) is 1. The molecule has 1 saturated heterocycles. The van der Waals surface area contributed by atoms with Gasteiger partial charge in [-0.2, -0.15) is 0 Å². The number of nitrogens with one attached hydrogen (secondary N) is 1. The van der Waals surface area contributed by atoms with E-state index in [9.17, 15) is 4.79 Å². The van der Waals surface area contributed by atoms with Gasteiger partial charge in [-0.3, -0.25) is 10.2 Å². The highest BCUT2D eigenvalue weighted by atomic mass is 16.6. The number of carbonyl (C=O) groups excluding carboxylic acids is 1. The fourth-order valence-corrected chi connectivity index (χ4v) is 1.15. The van der Waals surface area contributed by atoms with E-state index in [0.29, 0.717) is 13.1 Å². The highest BCUT2D eigenvalue weighted by Gasteiger charge is 2.35. The van der Waals surface area contributed by atoms with E-state index in [2.05, 4.69) is 0 Å². The number of ether oxygens (including phenoxy) is 1. The van der Waals surface area contributed by atoms with Crippen molar-refractivity contribution in [3.05, 3.63) is 0 Å². The van der Waals surface area contributed by atoms with Gasteiger partial charge in [-0.15, -0.1) is 0 Å². The molecule has 0 aromatic rings. The lowest BCUT2D eigenvalue weighted by Gasteiger charge is -2.38. The third-order valence-electron chi connectivity index (χ3n) is 1.97. The summed E-state index contributed by atoms with van der Waals surface area (Å²) in [4.78, 5) is 22.0. The van der Waals surface area contributed by atoms with Gasteiger partial charge in [0.05, 0.1) is 11.8 Å². The summed E-state index contributed by atoms with van der Waals surface area (Å²) in [5.41, 5.74) is 4.83. The molecule has 1 rings (SSSR count). The van der Waals surface area contributed by atoms with E-state index in [1.807, 2.05) is 20.8 Å². The average molecular weight is 259 g/mol. The van der Waals surface area contributed by atoms with Crippen molar-refractivity contribution < 1.29 is 19.4 Å². The minimum atomic E-state index is -0.833. The van der Waals surface area contributed by atoms with Gasteiger partial charge in [-0.25, -0.2) is 4.79 Å². The highest BCUT2D eigenvalue weighted by Crippen LogP contribution is 2.18. The lowest BCUT2D eigenvalue weighted by atomic mass is 10.00. The van der Waals surface area contributed by atoms with Gasteiger partial charge in [-0.05, 0) is 20.8 Å². The maximum Gasteiger partial charge on any atom is 0.410 e. The van der Waals surface area contributed by atoms with Gasteiger partial charge >= 0.3 is 6.09 Å². The van der Waals surface area contributed by atoms with Gasteiger partial charge in [0.2, 0.25) is 0 Å². The normalized spacial score (nSPS) is 15.0. The molecule has 0 aliphatic carbocycles. The molecule has 1 amide bonds. The molecule has 0 atom stereocenters. The zero-order valence-electron chi connectivity index (χ0n) is 11.2. The fourth-order valence-electron chi connectivity index (χ4n) is 1.15. The number of nitrogens with zero attached hydrogens (tertiary/aromatic N) is 1. The minimum absolute atomic E-state index is 0.0162. The first-order chi connectivity index (χ1) is 8.03. The van der Waals surface area contributed by atoms with Crippen LogP contribution in [0, 0.1) is 11.3 Å². The van der Waals surface area contributed by atoms with Crippen molar-refractivity contribution in [3.8, 4) is 0 Å². The van der Waals surface area contributed by atoms with Crippen LogP contribution in [0.5, 0.6) is 0 Å². The minimum Gasteiger partial charge on any atom is -0.481 e. The Kier molecular flexibility index (Phi) is 5.61. The number of amides is 1. The Bertz CT molecular complexity index is 326. The Morgan fingerprint density at radius 3 is 2.06 bits per heavy atom. The molecule has 1 aliphatic heterocycles. The van der Waals surface area contributed by atoms with Crippen molar-refractivity contribution in [2.45, 2.75) is 33.3 Å². The molecule has 0 spiro atoms. The van der Waals surface area contributed by atoms with Crippen LogP contribution in [0.3, 0.4) is 0 Å². The van der Waals surface area contributed by atoms with Crippen molar-refractivity contribution in [2.75, 3.05) is 13.1 Å². The average Bonchev–Trinajstić information content (AvgIpc) is 1.93. The lowest BCUT2D eigenvalue weighted by molar-refractivity contribution is -0.134. The van der Waals surface area contributed by atoms with Gasteiger partial charge in [0.15, 0.2) is 0 Å². The Morgan fingerprint density at radius 2 is 1.78 bits per heavy atom. The molecular formula is C11H21N3O4. The first-order valence-corrected chi connectivity index (χ1v) is 5.54. The van der Waals surface area contributed by atoms with Gasteiger partial charge in [0, 0.05) is 20.0 Å². The Balaban J connectivity index is 0.000000631. The highest BCUT2D eigenvalue weighted by molar-refractivity contribution is 5.83. The first kappa shape index (κ1) is 16.2. The number of likely N-dealkylation sites (tertiary alicyclic amines) is 1. The molecule has 0 aromatic heterocycles. The standard InChI is InChI=1S/C9H17N3O2.C2H4O2/c1-9(2,3)14-8(13)12-4-6(5-12)7(10)11;1-2(3)4/h6H,4-5H2,1-3H3,(H3,10,11);1H3,(H,3,4). The summed E-state index contributed by atoms with van der Waals surface area (Å²) in [6, 6.07) is 0. The monoisotopic (exact) mass is 259 g/mol. The molecule has 0 bridgehead atoms. The SMILES string of the molecule is CC(=O)O.CC(C)(C)OC(=O)N1CC(C(=N)N)C1. The predicted octanol–water partition coefficient (Wildman–Crippen LogP) is 0.880. The molecule has 4 N–H and O–H groups in total. The molecule has 0 saturated carbocycles. The second kappa shape index (κ2) is 6.23. The van der Waals surface area contributed by atoms with Crippen LogP contribution in [0.25, 0.3) is 0 Å². The number of carbonyl (C=O) groups is 2. The van der Waals surface area contributed by atoms with Crippen LogP contribution < -0.4 is 5.73 Å². The fraction of sp³-hybridized carbons (Fsp3) is 0.727. The molecular weight excluding hydrogens is 238 g/mol. The zero-order chi connectivity index (χ0) is 14.5. The van der Waals surface area contributed by atoms with Crippen LogP contribution in [0.4, 0.5) is 4.79 Å². The summed E-state index contributed by atoms with van der Waals surface area (Å²) in [7, 11) is 0. The van der Waals surface area contributed by atoms with Crippen LogP contribution in [0.2, 0.25) is 0 Å². The second-order valence-corrected chi connectivity index (χ2v) is 5.06. The van der Waals surface area contributed by atoms with Gasteiger partial charge in [-0.1, -0.05) is 0 Å². The third-order valence-corrected chi connectivity index (χ3v) is 1.97. The summed E-state index contributed by atoms with van der Waals surface area (Å²) in [5.74, 6) is -0.674. The van der Waals surface area contributed by atoms with Crippen LogP contribution in [0.1, 0.15) is 27.7 Å². The largest absolute Gasteiger partial charge is 0.481 e. The van der Waals surface area contributed by atoms with Crippen molar-refractivity contribution in [3.63, 3.8) is 0 Å². The molecule has 0 unspecified atom stereocenters. The van der Waals surface area contributed by atoms with Crippen molar-refractivity contribution >= 4 is 17.9 Å². The summed E-state index contributed by atoms with van der Waals surface area (Å²) in [5, 5.41) is 14.6. The van der Waals surface area contributed by atoms with Crippen LogP contribution in [0.15, 0.2) is 0 Å². The van der Waals surface area contributed by atoms with Crippen LogP contribution in [-0.2, 0) is 9.53 Å². The number of carboxylic acid groups (broad SMARTS) is 1. The van der Waals surface area contributed by atoms with E-state index in [-0.39, 0.29) is 17.8 Å². The maximum atomic E-state index is 11.4. The molecule has 0 aromatic carbocycles. The van der Waals surface area contributed by atoms with Crippen molar-refractivity contribution in [2.24, 2.45) is 11.7 Å². The van der Waals surface area contributed by atoms with Crippen LogP contribution in [-0.4, -0.2) is 46.6 Å². The van der Waals surface area contributed by atoms with Crippen molar-refractivity contribution in [1.82, 2.24) is 4.90 Å². The topological polar surface area (TPSA) is 117 Å². The molecule has 0 radical (unpaired) electrons. The van der Waals surface area contributed by atoms with Crippen molar-refractivity contribution in [1.29, 1.82) is 5.41 Å². The quantitative estimate of drug-likeness (QED) is 0.477. The van der Waals surface area contributed by atoms with Crippen LogP contribution >= 0.6 is 0 Å². The molecule has 1 fully saturated rings. The molecule has 7 nitrogen and oxygen atoms in total. The van der Waals surface area contributed by atoms with Gasteiger partial charge in [0.1, 0.15) is 5.60 Å². The lowest BCUT2D eigenvalue weighted by Crippen LogP contribution is -2.55. The van der Waals surface area contributed by atoms with E-state index < -0.39 is 11.6 Å². The number of carboxylic acids is 1. The molecule has 1 heterocycles. The third kappa shape index (κ3) is 6.72. The van der Waals surface area contributed by atoms with E-state index >= 15 is 0 Å². The maximum absolute atomic E-state index is 11.4. The predicted molar refractivity (Wildman–Crippen MR) is 66.5 cm³/mol. The summed E-state index contributed by atoms with van der Waals surface area (Å²) >= 11 is 0. The Hall–Kier alpha value is -1.79. The van der Waals surface area contributed by atoms with E-state index in [1.165, 1.54) is 0 Å². The molecule has 104 valence electrons. The van der Waals surface area contributed by atoms with E-state index in [1.54, 1.807) is 4.90 Å². The summed E-state index contributed by atoms with van der Waals surface area (Å²) in [6.07, 6.45) is -0.324. The van der Waals surface area contributed by atoms with E-state index in [0.717, 1.165) is 6.92 Å². The zero-order valence-corrected chi connectivity index (χ0v) is 11.2. The van der Waals surface area contributed by atoms with Gasteiger partial charge in [0.25, 0.3) is 5.97 Å². The van der Waals surface area contributed by atoms with Gasteiger partial charge < -0.3 is 20.5 Å². The second-order valence-electron chi connectivity index (χ2n) is 5.06. The molecule has 18 heavy (non-hydrogen) atoms. The summed E-state index contributed by atoms with van der Waals surface area (Å²) in [6.45, 7) is 7.57. The smallest absolute Gasteiger partial charge is 0.410 e. The molecule has 7 heteroatoms. The van der Waals surface area contributed by atoms with E-state index in [4.69, 9.17) is 25.8 Å². The first-order valence-electron chi connectivity index (χ1n) is 5.54. The number of hydrogen-bond donors (Lipinski definition) is 3. The Labute approximate surface area is 106 Å². The molecule has 1 aliphatic rings. The Morgan fingerprint density at radius 1 is 1.39 bits per heavy atom. The number of hydrogen-bond acceptors (Lipinski definition) is 4. The number of amidine groups is 1. The number of aliphatic carboxylic acids is 1. The summed E-state index contributed by atoms with van der Waals surface area (Å²) < 4.78 is 5.15.